The Morgan fingerprint density at radius 1 is 1.12 bits per heavy atom. The van der Waals surface area contributed by atoms with Crippen molar-refractivity contribution in [3.05, 3.63) is 35.9 Å². The number of alkyl carbamates (subject to hydrolysis) is 1. The highest BCUT2D eigenvalue weighted by Gasteiger charge is 2.33. The Bertz CT molecular complexity index is 781. The van der Waals surface area contributed by atoms with E-state index < -0.39 is 36.0 Å². The Labute approximate surface area is 189 Å². The number of rotatable bonds is 8. The molecule has 1 N–H and O–H groups in total. The number of carbonyl (C=O) groups is 4. The largest absolute Gasteiger partial charge is 0.459 e. The molecule has 1 fully saturated rings. The molecule has 1 aliphatic rings. The standard InChI is InChI=1S/C24H34N2O6/c1-17-10-12-19(13-11-17)26(16-27)21(28)14-20(25-23(30)32-24(2,3)4)22(29)31-15-18-8-6-5-7-9-18/h5-9,16-17,19-20H,10-15H2,1-4H3,(H,25,30). The molecule has 3 amide bonds. The first-order valence-electron chi connectivity index (χ1n) is 11.1. The maximum atomic E-state index is 12.9. The van der Waals surface area contributed by atoms with Crippen molar-refractivity contribution in [2.45, 2.75) is 84.1 Å². The molecule has 176 valence electrons. The second-order valence-electron chi connectivity index (χ2n) is 9.32. The summed E-state index contributed by atoms with van der Waals surface area (Å²) in [5.41, 5.74) is -0.00531. The van der Waals surface area contributed by atoms with E-state index in [0.29, 0.717) is 12.3 Å². The van der Waals surface area contributed by atoms with Gasteiger partial charge in [0.25, 0.3) is 0 Å². The van der Waals surface area contributed by atoms with Gasteiger partial charge >= 0.3 is 12.1 Å². The van der Waals surface area contributed by atoms with Crippen molar-refractivity contribution in [2.75, 3.05) is 0 Å². The number of nitrogens with one attached hydrogen (secondary N) is 1. The predicted molar refractivity (Wildman–Crippen MR) is 118 cm³/mol. The minimum Gasteiger partial charge on any atom is -0.459 e. The van der Waals surface area contributed by atoms with Gasteiger partial charge in [0.1, 0.15) is 18.2 Å². The highest BCUT2D eigenvalue weighted by atomic mass is 16.6. The van der Waals surface area contributed by atoms with Gasteiger partial charge in [-0.3, -0.25) is 14.5 Å². The van der Waals surface area contributed by atoms with E-state index in [-0.39, 0.29) is 12.6 Å². The quantitative estimate of drug-likeness (QED) is 0.484. The smallest absolute Gasteiger partial charge is 0.408 e. The fourth-order valence-electron chi connectivity index (χ4n) is 3.62. The molecule has 1 aromatic rings. The van der Waals surface area contributed by atoms with E-state index in [1.807, 2.05) is 18.2 Å². The van der Waals surface area contributed by atoms with Crippen molar-refractivity contribution in [1.29, 1.82) is 0 Å². The molecule has 1 atom stereocenters. The van der Waals surface area contributed by atoms with E-state index in [2.05, 4.69) is 12.2 Å². The van der Waals surface area contributed by atoms with Crippen molar-refractivity contribution < 1.29 is 28.7 Å². The molecule has 1 aliphatic carbocycles. The lowest BCUT2D eigenvalue weighted by atomic mass is 9.86. The third-order valence-corrected chi connectivity index (χ3v) is 5.36. The second-order valence-corrected chi connectivity index (χ2v) is 9.32. The first-order valence-corrected chi connectivity index (χ1v) is 11.1. The average molecular weight is 447 g/mol. The summed E-state index contributed by atoms with van der Waals surface area (Å²) < 4.78 is 10.6. The highest BCUT2D eigenvalue weighted by molar-refractivity contribution is 5.92. The molecule has 1 unspecified atom stereocenters. The molecule has 2 rings (SSSR count). The Morgan fingerprint density at radius 2 is 1.75 bits per heavy atom. The van der Waals surface area contributed by atoms with Crippen molar-refractivity contribution in [3.8, 4) is 0 Å². The normalized spacial score (nSPS) is 19.4. The lowest BCUT2D eigenvalue weighted by Gasteiger charge is -2.33. The number of benzene rings is 1. The van der Waals surface area contributed by atoms with Gasteiger partial charge in [-0.15, -0.1) is 0 Å². The van der Waals surface area contributed by atoms with E-state index in [0.717, 1.165) is 36.1 Å². The Balaban J connectivity index is 2.07. The summed E-state index contributed by atoms with van der Waals surface area (Å²) in [5.74, 6) is -0.738. The van der Waals surface area contributed by atoms with E-state index in [4.69, 9.17) is 9.47 Å². The molecular weight excluding hydrogens is 412 g/mol. The molecule has 1 saturated carbocycles. The minimum atomic E-state index is -1.27. The van der Waals surface area contributed by atoms with Crippen molar-refractivity contribution in [2.24, 2.45) is 5.92 Å². The third-order valence-electron chi connectivity index (χ3n) is 5.36. The number of esters is 1. The van der Waals surface area contributed by atoms with Crippen molar-refractivity contribution >= 4 is 24.4 Å². The molecule has 8 nitrogen and oxygen atoms in total. The summed E-state index contributed by atoms with van der Waals surface area (Å²) in [6, 6.07) is 7.60. The molecule has 0 radical (unpaired) electrons. The van der Waals surface area contributed by atoms with Crippen LogP contribution < -0.4 is 5.32 Å². The summed E-state index contributed by atoms with van der Waals surface area (Å²) in [6.07, 6.45) is 2.61. The van der Waals surface area contributed by atoms with Gasteiger partial charge in [0, 0.05) is 6.04 Å². The third kappa shape index (κ3) is 8.32. The van der Waals surface area contributed by atoms with Gasteiger partial charge in [-0.05, 0) is 57.9 Å². The SMILES string of the molecule is CC1CCC(N(C=O)C(=O)CC(NC(=O)OC(C)(C)C)C(=O)OCc2ccccc2)CC1. The summed E-state index contributed by atoms with van der Waals surface area (Å²) in [4.78, 5) is 50.7. The average Bonchev–Trinajstić information content (AvgIpc) is 2.73. The van der Waals surface area contributed by atoms with Gasteiger partial charge in [-0.2, -0.15) is 0 Å². The molecule has 0 heterocycles. The topological polar surface area (TPSA) is 102 Å². The molecular formula is C24H34N2O6. The summed E-state index contributed by atoms with van der Waals surface area (Å²) in [6.45, 7) is 7.22. The number of hydrogen-bond acceptors (Lipinski definition) is 6. The number of hydrogen-bond donors (Lipinski definition) is 1. The number of ether oxygens (including phenoxy) is 2. The molecule has 0 spiro atoms. The van der Waals surface area contributed by atoms with Crippen LogP contribution >= 0.6 is 0 Å². The molecule has 0 saturated heterocycles. The lowest BCUT2D eigenvalue weighted by molar-refractivity contribution is -0.152. The van der Waals surface area contributed by atoms with Crippen LogP contribution in [0.2, 0.25) is 0 Å². The monoisotopic (exact) mass is 446 g/mol. The molecule has 1 aromatic carbocycles. The van der Waals surface area contributed by atoms with Crippen LogP contribution in [0.5, 0.6) is 0 Å². The van der Waals surface area contributed by atoms with E-state index in [9.17, 15) is 19.2 Å². The van der Waals surface area contributed by atoms with Crippen molar-refractivity contribution in [3.63, 3.8) is 0 Å². The number of imide groups is 1. The van der Waals surface area contributed by atoms with Crippen LogP contribution in [0.3, 0.4) is 0 Å². The van der Waals surface area contributed by atoms with Gasteiger partial charge in [-0.25, -0.2) is 9.59 Å². The highest BCUT2D eigenvalue weighted by Crippen LogP contribution is 2.27. The summed E-state index contributed by atoms with van der Waals surface area (Å²) in [7, 11) is 0. The van der Waals surface area contributed by atoms with Crippen LogP contribution in [0.4, 0.5) is 4.79 Å². The van der Waals surface area contributed by atoms with Crippen molar-refractivity contribution in [1.82, 2.24) is 10.2 Å². The zero-order valence-electron chi connectivity index (χ0n) is 19.3. The summed E-state index contributed by atoms with van der Waals surface area (Å²) >= 11 is 0. The fourth-order valence-corrected chi connectivity index (χ4v) is 3.62. The Kier molecular flexibility index (Phi) is 9.23. The number of nitrogens with zero attached hydrogens (tertiary/aromatic N) is 1. The van der Waals surface area contributed by atoms with E-state index in [1.54, 1.807) is 32.9 Å². The molecule has 32 heavy (non-hydrogen) atoms. The zero-order valence-corrected chi connectivity index (χ0v) is 19.3. The first kappa shape index (κ1) is 25.4. The van der Waals surface area contributed by atoms with Crippen LogP contribution in [-0.2, 0) is 30.5 Å². The number of amides is 3. The Hall–Kier alpha value is -2.90. The molecule has 0 aromatic heterocycles. The maximum absolute atomic E-state index is 12.9. The van der Waals surface area contributed by atoms with Gasteiger partial charge in [0.05, 0.1) is 6.42 Å². The molecule has 8 heteroatoms. The molecule has 0 bridgehead atoms. The van der Waals surface area contributed by atoms with Crippen LogP contribution in [0, 0.1) is 5.92 Å². The van der Waals surface area contributed by atoms with E-state index in [1.165, 1.54) is 0 Å². The van der Waals surface area contributed by atoms with Gasteiger partial charge in [0.2, 0.25) is 12.3 Å². The fraction of sp³-hybridized carbons (Fsp3) is 0.583. The number of carbonyl (C=O) groups excluding carboxylic acids is 4. The van der Waals surface area contributed by atoms with Gasteiger partial charge in [0.15, 0.2) is 0 Å². The van der Waals surface area contributed by atoms with Crippen LogP contribution in [-0.4, -0.2) is 47.0 Å². The van der Waals surface area contributed by atoms with Crippen LogP contribution in [0.25, 0.3) is 0 Å². The van der Waals surface area contributed by atoms with Gasteiger partial charge in [-0.1, -0.05) is 37.3 Å². The summed E-state index contributed by atoms with van der Waals surface area (Å²) in [5, 5.41) is 2.43. The molecule has 0 aliphatic heterocycles. The maximum Gasteiger partial charge on any atom is 0.408 e. The van der Waals surface area contributed by atoms with Crippen LogP contribution in [0.15, 0.2) is 30.3 Å². The lowest BCUT2D eigenvalue weighted by Crippen LogP contribution is -2.49. The zero-order chi connectivity index (χ0) is 23.7. The van der Waals surface area contributed by atoms with E-state index >= 15 is 0 Å². The van der Waals surface area contributed by atoms with Gasteiger partial charge < -0.3 is 14.8 Å². The first-order chi connectivity index (χ1) is 15.1. The predicted octanol–water partition coefficient (Wildman–Crippen LogP) is 3.58. The Morgan fingerprint density at radius 3 is 2.31 bits per heavy atom. The minimum absolute atomic E-state index is 0.00172. The van der Waals surface area contributed by atoms with Crippen LogP contribution in [0.1, 0.15) is 65.4 Å². The second kappa shape index (κ2) is 11.6.